The standard InChI is InChI=1S/C13H16O7/c14-6-8-9(15)11(10(16)13(18)19-8)20-12(17)7-4-2-1-3-5-7/h1-5,8-11,13-16,18H,6H2/t8-,9-,10+,11+,13+/m0/s1. The predicted octanol–water partition coefficient (Wildman–Crippen LogP) is -1.36. The van der Waals surface area contributed by atoms with Crippen molar-refractivity contribution in [1.29, 1.82) is 0 Å². The first-order valence-electron chi connectivity index (χ1n) is 6.11. The number of hydrogen-bond donors (Lipinski definition) is 4. The molecule has 5 atom stereocenters. The van der Waals surface area contributed by atoms with Crippen molar-refractivity contribution in [2.24, 2.45) is 0 Å². The first-order chi connectivity index (χ1) is 9.54. The highest BCUT2D eigenvalue weighted by Crippen LogP contribution is 2.23. The molecule has 1 saturated heterocycles. The molecular formula is C13H16O7. The lowest BCUT2D eigenvalue weighted by atomic mass is 9.99. The predicted molar refractivity (Wildman–Crippen MR) is 65.6 cm³/mol. The average Bonchev–Trinajstić information content (AvgIpc) is 2.48. The molecule has 0 aromatic heterocycles. The fourth-order valence-electron chi connectivity index (χ4n) is 1.97. The number of ether oxygens (including phenoxy) is 2. The van der Waals surface area contributed by atoms with E-state index in [0.29, 0.717) is 0 Å². The molecule has 1 fully saturated rings. The van der Waals surface area contributed by atoms with E-state index in [1.165, 1.54) is 12.1 Å². The minimum Gasteiger partial charge on any atom is -0.453 e. The van der Waals surface area contributed by atoms with Crippen molar-refractivity contribution >= 4 is 5.97 Å². The van der Waals surface area contributed by atoms with E-state index in [2.05, 4.69) is 0 Å². The summed E-state index contributed by atoms with van der Waals surface area (Å²) in [4.78, 5) is 11.9. The number of hydrogen-bond acceptors (Lipinski definition) is 7. The first kappa shape index (κ1) is 14.9. The summed E-state index contributed by atoms with van der Waals surface area (Å²) in [7, 11) is 0. The van der Waals surface area contributed by atoms with E-state index in [4.69, 9.17) is 14.6 Å². The Kier molecular flexibility index (Phi) is 4.69. The van der Waals surface area contributed by atoms with Crippen LogP contribution in [-0.2, 0) is 9.47 Å². The highest BCUT2D eigenvalue weighted by molar-refractivity contribution is 5.89. The van der Waals surface area contributed by atoms with Gasteiger partial charge in [0.1, 0.15) is 18.3 Å². The molecule has 0 radical (unpaired) electrons. The maximum absolute atomic E-state index is 11.9. The number of rotatable bonds is 3. The molecule has 1 aromatic rings. The van der Waals surface area contributed by atoms with Crippen LogP contribution in [0.15, 0.2) is 30.3 Å². The molecule has 7 nitrogen and oxygen atoms in total. The molecule has 0 unspecified atom stereocenters. The normalized spacial score (nSPS) is 33.7. The molecule has 0 saturated carbocycles. The monoisotopic (exact) mass is 284 g/mol. The van der Waals surface area contributed by atoms with E-state index in [0.717, 1.165) is 0 Å². The van der Waals surface area contributed by atoms with Crippen molar-refractivity contribution in [2.45, 2.75) is 30.7 Å². The minimum absolute atomic E-state index is 0.244. The van der Waals surface area contributed by atoms with Crippen LogP contribution in [0.4, 0.5) is 0 Å². The third-order valence-electron chi connectivity index (χ3n) is 3.09. The van der Waals surface area contributed by atoms with Crippen molar-refractivity contribution in [3.63, 3.8) is 0 Å². The summed E-state index contributed by atoms with van der Waals surface area (Å²) in [5, 5.41) is 38.1. The molecular weight excluding hydrogens is 268 g/mol. The molecule has 1 heterocycles. The lowest BCUT2D eigenvalue weighted by Crippen LogP contribution is -2.59. The highest BCUT2D eigenvalue weighted by atomic mass is 16.7. The zero-order valence-electron chi connectivity index (χ0n) is 10.5. The van der Waals surface area contributed by atoms with E-state index in [9.17, 15) is 20.1 Å². The van der Waals surface area contributed by atoms with Crippen LogP contribution < -0.4 is 0 Å². The second-order valence-corrected chi connectivity index (χ2v) is 4.46. The third kappa shape index (κ3) is 2.97. The molecule has 7 heteroatoms. The SMILES string of the molecule is O=C(O[C@H]1[C@@H](O)[C@H](O)O[C@@H](CO)[C@@H]1O)c1ccccc1. The second kappa shape index (κ2) is 6.29. The lowest BCUT2D eigenvalue weighted by Gasteiger charge is -2.39. The average molecular weight is 284 g/mol. The highest BCUT2D eigenvalue weighted by Gasteiger charge is 2.46. The Labute approximate surface area is 115 Å². The van der Waals surface area contributed by atoms with E-state index in [-0.39, 0.29) is 5.56 Å². The number of esters is 1. The molecule has 110 valence electrons. The topological polar surface area (TPSA) is 116 Å². The Balaban J connectivity index is 2.11. The maximum Gasteiger partial charge on any atom is 0.338 e. The lowest BCUT2D eigenvalue weighted by molar-refractivity contribution is -0.285. The maximum atomic E-state index is 11.9. The van der Waals surface area contributed by atoms with E-state index in [1.807, 2.05) is 0 Å². The van der Waals surface area contributed by atoms with Gasteiger partial charge in [0.25, 0.3) is 0 Å². The van der Waals surface area contributed by atoms with Gasteiger partial charge >= 0.3 is 5.97 Å². The van der Waals surface area contributed by atoms with Gasteiger partial charge in [-0.3, -0.25) is 0 Å². The Morgan fingerprint density at radius 1 is 1.15 bits per heavy atom. The van der Waals surface area contributed by atoms with Gasteiger partial charge in [-0.1, -0.05) is 18.2 Å². The molecule has 0 aliphatic carbocycles. The van der Waals surface area contributed by atoms with Gasteiger partial charge in [0, 0.05) is 0 Å². The molecule has 0 spiro atoms. The fourth-order valence-corrected chi connectivity index (χ4v) is 1.97. The van der Waals surface area contributed by atoms with Crippen LogP contribution in [0, 0.1) is 0 Å². The minimum atomic E-state index is -1.65. The zero-order valence-corrected chi connectivity index (χ0v) is 10.5. The van der Waals surface area contributed by atoms with Crippen molar-refractivity contribution in [1.82, 2.24) is 0 Å². The van der Waals surface area contributed by atoms with Crippen molar-refractivity contribution in [2.75, 3.05) is 6.61 Å². The zero-order chi connectivity index (χ0) is 14.7. The van der Waals surface area contributed by atoms with Gasteiger partial charge in [0.15, 0.2) is 12.4 Å². The second-order valence-electron chi connectivity index (χ2n) is 4.46. The van der Waals surface area contributed by atoms with Crippen molar-refractivity contribution < 1.29 is 34.7 Å². The fraction of sp³-hybridized carbons (Fsp3) is 0.462. The Morgan fingerprint density at radius 2 is 1.80 bits per heavy atom. The van der Waals surface area contributed by atoms with Crippen LogP contribution in [0.5, 0.6) is 0 Å². The number of aliphatic hydroxyl groups is 4. The van der Waals surface area contributed by atoms with Gasteiger partial charge in [0.2, 0.25) is 0 Å². The van der Waals surface area contributed by atoms with Gasteiger partial charge in [-0.2, -0.15) is 0 Å². The summed E-state index contributed by atoms with van der Waals surface area (Å²) < 4.78 is 9.81. The summed E-state index contributed by atoms with van der Waals surface area (Å²) in [6, 6.07) is 8.03. The van der Waals surface area contributed by atoms with Gasteiger partial charge in [-0.15, -0.1) is 0 Å². The molecule has 1 aromatic carbocycles. The number of carbonyl (C=O) groups excluding carboxylic acids is 1. The van der Waals surface area contributed by atoms with Gasteiger partial charge in [-0.25, -0.2) is 4.79 Å². The quantitative estimate of drug-likeness (QED) is 0.507. The smallest absolute Gasteiger partial charge is 0.338 e. The summed E-state index contributed by atoms with van der Waals surface area (Å²) in [6.45, 7) is -0.579. The van der Waals surface area contributed by atoms with Crippen LogP contribution in [0.2, 0.25) is 0 Å². The summed E-state index contributed by atoms with van der Waals surface area (Å²) in [6.07, 6.45) is -7.21. The van der Waals surface area contributed by atoms with Crippen LogP contribution in [0.3, 0.4) is 0 Å². The van der Waals surface area contributed by atoms with E-state index >= 15 is 0 Å². The van der Waals surface area contributed by atoms with Crippen LogP contribution in [0.1, 0.15) is 10.4 Å². The molecule has 20 heavy (non-hydrogen) atoms. The Hall–Kier alpha value is -1.51. The van der Waals surface area contributed by atoms with E-state index in [1.54, 1.807) is 18.2 Å². The largest absolute Gasteiger partial charge is 0.453 e. The van der Waals surface area contributed by atoms with Gasteiger partial charge in [0.05, 0.1) is 12.2 Å². The summed E-state index contributed by atoms with van der Waals surface area (Å²) in [5.74, 6) is -0.750. The Morgan fingerprint density at radius 3 is 2.40 bits per heavy atom. The van der Waals surface area contributed by atoms with Crippen LogP contribution in [-0.4, -0.2) is 63.7 Å². The third-order valence-corrected chi connectivity index (χ3v) is 3.09. The summed E-state index contributed by atoms with van der Waals surface area (Å²) in [5.41, 5.74) is 0.244. The van der Waals surface area contributed by atoms with E-state index < -0.39 is 43.3 Å². The Bertz CT molecular complexity index is 449. The van der Waals surface area contributed by atoms with Gasteiger partial charge < -0.3 is 29.9 Å². The van der Waals surface area contributed by atoms with Crippen molar-refractivity contribution in [3.05, 3.63) is 35.9 Å². The molecule has 2 rings (SSSR count). The molecule has 1 aliphatic heterocycles. The molecule has 0 bridgehead atoms. The van der Waals surface area contributed by atoms with Gasteiger partial charge in [-0.05, 0) is 12.1 Å². The molecule has 1 aliphatic rings. The van der Waals surface area contributed by atoms with Crippen LogP contribution in [0.25, 0.3) is 0 Å². The number of benzene rings is 1. The first-order valence-corrected chi connectivity index (χ1v) is 6.11. The summed E-state index contributed by atoms with van der Waals surface area (Å²) >= 11 is 0. The van der Waals surface area contributed by atoms with Crippen LogP contribution >= 0.6 is 0 Å². The molecule has 0 amide bonds. The molecule has 4 N–H and O–H groups in total. The van der Waals surface area contributed by atoms with Crippen molar-refractivity contribution in [3.8, 4) is 0 Å². The number of carbonyl (C=O) groups is 1. The number of aliphatic hydroxyl groups excluding tert-OH is 4.